The molecule has 0 aliphatic rings. The molecule has 1 N–H and O–H groups in total. The van der Waals surface area contributed by atoms with Gasteiger partial charge in [-0.25, -0.2) is 9.97 Å². The highest BCUT2D eigenvalue weighted by molar-refractivity contribution is 5.95. The zero-order valence-corrected chi connectivity index (χ0v) is 8.97. The third kappa shape index (κ3) is 1.14. The summed E-state index contributed by atoms with van der Waals surface area (Å²) in [6.45, 7) is 1.75. The Bertz CT molecular complexity index is 702. The van der Waals surface area contributed by atoms with Gasteiger partial charge in [0.2, 0.25) is 5.88 Å². The SMILES string of the molecule is Cc1nc(O)c2cc3c(cc2n1)ncn3C. The molecule has 0 saturated heterocycles. The van der Waals surface area contributed by atoms with Crippen LogP contribution < -0.4 is 0 Å². The van der Waals surface area contributed by atoms with Gasteiger partial charge in [-0.1, -0.05) is 0 Å². The molecule has 16 heavy (non-hydrogen) atoms. The molecular weight excluding hydrogens is 204 g/mol. The van der Waals surface area contributed by atoms with Gasteiger partial charge in [0.1, 0.15) is 5.82 Å². The van der Waals surface area contributed by atoms with Gasteiger partial charge in [0.05, 0.1) is 28.3 Å². The third-order valence-corrected chi connectivity index (χ3v) is 2.63. The van der Waals surface area contributed by atoms with Crippen LogP contribution in [-0.2, 0) is 7.05 Å². The van der Waals surface area contributed by atoms with E-state index in [1.54, 1.807) is 13.3 Å². The van der Waals surface area contributed by atoms with Crippen molar-refractivity contribution in [2.45, 2.75) is 6.92 Å². The predicted molar refractivity (Wildman–Crippen MR) is 60.2 cm³/mol. The minimum absolute atomic E-state index is 0.0191. The molecule has 0 atom stereocenters. The average molecular weight is 214 g/mol. The number of aromatic hydroxyl groups is 1. The highest BCUT2D eigenvalue weighted by Gasteiger charge is 2.08. The fraction of sp³-hybridized carbons (Fsp3) is 0.182. The van der Waals surface area contributed by atoms with E-state index < -0.39 is 0 Å². The Morgan fingerprint density at radius 3 is 2.81 bits per heavy atom. The van der Waals surface area contributed by atoms with Gasteiger partial charge in [0, 0.05) is 7.05 Å². The fourth-order valence-electron chi connectivity index (χ4n) is 1.85. The average Bonchev–Trinajstić information content (AvgIpc) is 2.57. The maximum atomic E-state index is 9.76. The molecule has 0 aliphatic carbocycles. The van der Waals surface area contributed by atoms with Crippen molar-refractivity contribution in [1.29, 1.82) is 0 Å². The molecule has 3 rings (SSSR count). The van der Waals surface area contributed by atoms with Gasteiger partial charge in [-0.05, 0) is 19.1 Å². The molecule has 80 valence electrons. The largest absolute Gasteiger partial charge is 0.493 e. The summed E-state index contributed by atoms with van der Waals surface area (Å²) in [5.41, 5.74) is 2.54. The van der Waals surface area contributed by atoms with E-state index in [1.807, 2.05) is 23.7 Å². The second-order valence-electron chi connectivity index (χ2n) is 3.81. The van der Waals surface area contributed by atoms with Crippen LogP contribution in [0.4, 0.5) is 0 Å². The Morgan fingerprint density at radius 2 is 2.00 bits per heavy atom. The van der Waals surface area contributed by atoms with Crippen LogP contribution >= 0.6 is 0 Å². The first-order chi connectivity index (χ1) is 7.65. The summed E-state index contributed by atoms with van der Waals surface area (Å²) in [7, 11) is 1.91. The van der Waals surface area contributed by atoms with Crippen LogP contribution in [0, 0.1) is 6.92 Å². The molecule has 0 fully saturated rings. The van der Waals surface area contributed by atoms with Crippen LogP contribution in [0.15, 0.2) is 18.5 Å². The minimum atomic E-state index is 0.0191. The number of fused-ring (bicyclic) bond motifs is 2. The smallest absolute Gasteiger partial charge is 0.222 e. The van der Waals surface area contributed by atoms with E-state index in [-0.39, 0.29) is 5.88 Å². The van der Waals surface area contributed by atoms with Crippen LogP contribution in [0.1, 0.15) is 5.82 Å². The summed E-state index contributed by atoms with van der Waals surface area (Å²) >= 11 is 0. The zero-order valence-electron chi connectivity index (χ0n) is 8.97. The monoisotopic (exact) mass is 214 g/mol. The van der Waals surface area contributed by atoms with Gasteiger partial charge in [0.25, 0.3) is 0 Å². The minimum Gasteiger partial charge on any atom is -0.493 e. The standard InChI is InChI=1S/C11H10N4O/c1-6-13-8-4-9-10(15(2)5-12-9)3-7(8)11(16)14-6/h3-5H,1-2H3,(H,13,14,16). The first-order valence-electron chi connectivity index (χ1n) is 4.93. The van der Waals surface area contributed by atoms with Gasteiger partial charge in [-0.3, -0.25) is 0 Å². The van der Waals surface area contributed by atoms with E-state index in [4.69, 9.17) is 0 Å². The quantitative estimate of drug-likeness (QED) is 0.616. The van der Waals surface area contributed by atoms with E-state index >= 15 is 0 Å². The molecular formula is C11H10N4O. The van der Waals surface area contributed by atoms with Crippen molar-refractivity contribution in [2.24, 2.45) is 7.05 Å². The third-order valence-electron chi connectivity index (χ3n) is 2.63. The van der Waals surface area contributed by atoms with Crippen LogP contribution in [0.5, 0.6) is 5.88 Å². The van der Waals surface area contributed by atoms with Crippen LogP contribution in [-0.4, -0.2) is 24.6 Å². The molecule has 0 saturated carbocycles. The van der Waals surface area contributed by atoms with E-state index in [1.165, 1.54) is 0 Å². The van der Waals surface area contributed by atoms with Gasteiger partial charge >= 0.3 is 0 Å². The normalized spacial score (nSPS) is 11.4. The Hall–Kier alpha value is -2.17. The molecule has 0 unspecified atom stereocenters. The number of nitrogens with zero attached hydrogens (tertiary/aromatic N) is 4. The van der Waals surface area contributed by atoms with Crippen molar-refractivity contribution in [3.05, 3.63) is 24.3 Å². The number of aryl methyl sites for hydroxylation is 2. The van der Waals surface area contributed by atoms with E-state index in [2.05, 4.69) is 15.0 Å². The number of imidazole rings is 1. The van der Waals surface area contributed by atoms with Crippen molar-refractivity contribution >= 4 is 21.9 Å². The van der Waals surface area contributed by atoms with Crippen molar-refractivity contribution < 1.29 is 5.11 Å². The second kappa shape index (κ2) is 2.91. The molecule has 2 aromatic heterocycles. The number of hydrogen-bond donors (Lipinski definition) is 1. The van der Waals surface area contributed by atoms with E-state index in [0.29, 0.717) is 11.2 Å². The Balaban J connectivity index is 2.53. The summed E-state index contributed by atoms with van der Waals surface area (Å²) in [6, 6.07) is 3.71. The summed E-state index contributed by atoms with van der Waals surface area (Å²) in [4.78, 5) is 12.5. The van der Waals surface area contributed by atoms with Crippen molar-refractivity contribution in [3.63, 3.8) is 0 Å². The lowest BCUT2D eigenvalue weighted by atomic mass is 10.2. The Kier molecular flexibility index (Phi) is 1.65. The maximum Gasteiger partial charge on any atom is 0.222 e. The molecule has 0 radical (unpaired) electrons. The Labute approximate surface area is 91.4 Å². The number of benzene rings is 1. The van der Waals surface area contributed by atoms with Crippen molar-refractivity contribution in [3.8, 4) is 5.88 Å². The number of aromatic nitrogens is 4. The highest BCUT2D eigenvalue weighted by Crippen LogP contribution is 2.25. The summed E-state index contributed by atoms with van der Waals surface area (Å²) in [5.74, 6) is 0.575. The van der Waals surface area contributed by atoms with Crippen LogP contribution in [0.25, 0.3) is 21.9 Å². The topological polar surface area (TPSA) is 63.8 Å². The molecule has 2 heterocycles. The molecule has 0 spiro atoms. The molecule has 0 bridgehead atoms. The summed E-state index contributed by atoms with van der Waals surface area (Å²) in [5, 5.41) is 10.4. The molecule has 5 nitrogen and oxygen atoms in total. The highest BCUT2D eigenvalue weighted by atomic mass is 16.3. The van der Waals surface area contributed by atoms with Crippen LogP contribution in [0.3, 0.4) is 0 Å². The number of hydrogen-bond acceptors (Lipinski definition) is 4. The van der Waals surface area contributed by atoms with Crippen LogP contribution in [0.2, 0.25) is 0 Å². The lowest BCUT2D eigenvalue weighted by molar-refractivity contribution is 0.457. The second-order valence-corrected chi connectivity index (χ2v) is 3.81. The molecule has 0 amide bonds. The molecule has 0 aliphatic heterocycles. The van der Waals surface area contributed by atoms with E-state index in [9.17, 15) is 5.11 Å². The van der Waals surface area contributed by atoms with Crippen molar-refractivity contribution in [2.75, 3.05) is 0 Å². The van der Waals surface area contributed by atoms with Gasteiger partial charge < -0.3 is 9.67 Å². The maximum absolute atomic E-state index is 9.76. The molecule has 1 aromatic carbocycles. The number of rotatable bonds is 0. The zero-order chi connectivity index (χ0) is 11.3. The van der Waals surface area contributed by atoms with Gasteiger partial charge in [-0.15, -0.1) is 0 Å². The fourth-order valence-corrected chi connectivity index (χ4v) is 1.85. The lowest BCUT2D eigenvalue weighted by Gasteiger charge is -2.02. The lowest BCUT2D eigenvalue weighted by Crippen LogP contribution is -1.90. The summed E-state index contributed by atoms with van der Waals surface area (Å²) < 4.78 is 1.90. The van der Waals surface area contributed by atoms with Gasteiger partial charge in [0.15, 0.2) is 0 Å². The van der Waals surface area contributed by atoms with Crippen molar-refractivity contribution in [1.82, 2.24) is 19.5 Å². The molecule has 5 heteroatoms. The predicted octanol–water partition coefficient (Wildman–Crippen LogP) is 1.53. The summed E-state index contributed by atoms with van der Waals surface area (Å²) in [6.07, 6.45) is 1.74. The van der Waals surface area contributed by atoms with E-state index in [0.717, 1.165) is 16.6 Å². The molecule has 3 aromatic rings. The Morgan fingerprint density at radius 1 is 1.19 bits per heavy atom. The van der Waals surface area contributed by atoms with Gasteiger partial charge in [-0.2, -0.15) is 4.98 Å². The first-order valence-corrected chi connectivity index (χ1v) is 4.93. The first kappa shape index (κ1) is 9.08.